The largest absolute Gasteiger partial charge is 0.451 e. The van der Waals surface area contributed by atoms with Gasteiger partial charge in [0, 0.05) is 66.6 Å². The van der Waals surface area contributed by atoms with E-state index in [4.69, 9.17) is 0 Å². The molecule has 0 spiro atoms. The fraction of sp³-hybridized carbons (Fsp3) is 0.344. The number of amides is 1. The fourth-order valence-corrected chi connectivity index (χ4v) is 7.91. The maximum absolute atomic E-state index is 14.9. The Bertz CT molecular complexity index is 2120. The summed E-state index contributed by atoms with van der Waals surface area (Å²) in [6.45, 7) is 5.83. The van der Waals surface area contributed by atoms with Gasteiger partial charge in [-0.05, 0) is 36.8 Å². The highest BCUT2D eigenvalue weighted by Gasteiger charge is 2.41. The summed E-state index contributed by atoms with van der Waals surface area (Å²) in [5.41, 5.74) is -1.40. The molecule has 1 fully saturated rings. The van der Waals surface area contributed by atoms with Gasteiger partial charge in [-0.25, -0.2) is 9.18 Å². The molecule has 3 aliphatic rings. The van der Waals surface area contributed by atoms with E-state index in [0.29, 0.717) is 5.70 Å². The van der Waals surface area contributed by atoms with Crippen LogP contribution in [0.25, 0.3) is 27.7 Å². The molecule has 0 N–H and O–H groups in total. The van der Waals surface area contributed by atoms with Crippen molar-refractivity contribution in [2.45, 2.75) is 43.3 Å². The zero-order valence-electron chi connectivity index (χ0n) is 26.2. The van der Waals surface area contributed by atoms with Crippen molar-refractivity contribution in [3.8, 4) is 11.1 Å². The van der Waals surface area contributed by atoms with Gasteiger partial charge in [-0.15, -0.1) is 22.0 Å². The van der Waals surface area contributed by atoms with Crippen LogP contribution >= 0.6 is 11.8 Å². The highest BCUT2D eigenvalue weighted by atomic mass is 32.2. The van der Waals surface area contributed by atoms with Crippen molar-refractivity contribution < 1.29 is 35.5 Å². The number of benzene rings is 2. The number of anilines is 1. The maximum atomic E-state index is 14.9. The van der Waals surface area contributed by atoms with Crippen molar-refractivity contribution >= 4 is 40.1 Å². The van der Waals surface area contributed by atoms with Gasteiger partial charge in [0.15, 0.2) is 5.82 Å². The summed E-state index contributed by atoms with van der Waals surface area (Å²) in [6.07, 6.45) is -6.79. The number of thioether (sulfide) groups is 1. The Morgan fingerprint density at radius 1 is 1.02 bits per heavy atom. The molecule has 1 amide bonds. The molecule has 0 saturated carbocycles. The second-order valence-electron chi connectivity index (χ2n) is 12.1. The number of rotatable bonds is 4. The summed E-state index contributed by atoms with van der Waals surface area (Å²) in [4.78, 5) is 35.7. The molecule has 0 unspecified atom stereocenters. The van der Waals surface area contributed by atoms with Crippen LogP contribution in [-0.4, -0.2) is 78.0 Å². The second-order valence-corrected chi connectivity index (χ2v) is 13.1. The first-order chi connectivity index (χ1) is 23.7. The number of hydrogen-bond donors (Lipinski definition) is 0. The van der Waals surface area contributed by atoms with E-state index >= 15 is 0 Å². The lowest BCUT2D eigenvalue weighted by molar-refractivity contribution is -0.148. The molecule has 2 aromatic heterocycles. The van der Waals surface area contributed by atoms with E-state index in [-0.39, 0.29) is 89.5 Å². The molecule has 4 aromatic rings. The van der Waals surface area contributed by atoms with E-state index < -0.39 is 41.3 Å². The zero-order valence-corrected chi connectivity index (χ0v) is 27.0. The van der Waals surface area contributed by atoms with Gasteiger partial charge < -0.3 is 19.3 Å². The third kappa shape index (κ3) is 5.78. The van der Waals surface area contributed by atoms with Gasteiger partial charge in [-0.1, -0.05) is 18.7 Å². The van der Waals surface area contributed by atoms with Gasteiger partial charge in [-0.2, -0.15) is 31.3 Å². The Balaban J connectivity index is 1.42. The summed E-state index contributed by atoms with van der Waals surface area (Å²) in [7, 11) is 0. The number of piperazine rings is 1. The van der Waals surface area contributed by atoms with Crippen molar-refractivity contribution in [3.05, 3.63) is 82.7 Å². The minimum atomic E-state index is -4.86. The summed E-state index contributed by atoms with van der Waals surface area (Å²) in [5, 5.41) is 7.04. The van der Waals surface area contributed by atoms with Gasteiger partial charge in [0.2, 0.25) is 11.7 Å². The van der Waals surface area contributed by atoms with Crippen LogP contribution in [0.4, 0.5) is 36.6 Å². The molecule has 2 aromatic carbocycles. The monoisotopic (exact) mass is 720 g/mol. The highest BCUT2D eigenvalue weighted by Crippen LogP contribution is 2.50. The third-order valence-electron chi connectivity index (χ3n) is 8.96. The second kappa shape index (κ2) is 12.2. The Morgan fingerprint density at radius 2 is 1.76 bits per heavy atom. The van der Waals surface area contributed by atoms with Crippen LogP contribution in [0, 0.1) is 5.82 Å². The number of carbonyl (C=O) groups excluding carboxylic acids is 1. The number of aromatic nitrogens is 5. The minimum absolute atomic E-state index is 0.00821. The van der Waals surface area contributed by atoms with Crippen LogP contribution in [0.15, 0.2) is 58.9 Å². The summed E-state index contributed by atoms with van der Waals surface area (Å²) < 4.78 is 101. The van der Waals surface area contributed by atoms with Gasteiger partial charge in [-0.3, -0.25) is 9.36 Å². The first-order valence-corrected chi connectivity index (χ1v) is 16.4. The molecule has 0 radical (unpaired) electrons. The van der Waals surface area contributed by atoms with Crippen LogP contribution in [-0.2, 0) is 30.2 Å². The fourth-order valence-electron chi connectivity index (χ4n) is 6.70. The molecule has 262 valence electrons. The number of hydrogen-bond acceptors (Lipinski definition) is 8. The lowest BCUT2D eigenvalue weighted by atomic mass is 9.96. The first-order valence-electron chi connectivity index (χ1n) is 15.4. The summed E-state index contributed by atoms with van der Waals surface area (Å²) in [5.74, 6) is -1.97. The lowest BCUT2D eigenvalue weighted by Gasteiger charge is -2.41. The highest BCUT2D eigenvalue weighted by molar-refractivity contribution is 8.00. The number of halogens is 7. The topological polar surface area (TPSA) is 92.4 Å². The molecule has 7 rings (SSSR count). The molecular weight excluding hydrogens is 693 g/mol. The number of fused-ring (bicyclic) bond motifs is 1. The lowest BCUT2D eigenvalue weighted by Crippen LogP contribution is -2.54. The minimum Gasteiger partial charge on any atom is -0.367 e. The van der Waals surface area contributed by atoms with E-state index in [9.17, 15) is 40.3 Å². The van der Waals surface area contributed by atoms with Crippen molar-refractivity contribution in [2.75, 3.05) is 36.8 Å². The predicted octanol–water partition coefficient (Wildman–Crippen LogP) is 5.47. The number of nitrogens with zero attached hydrogens (tertiary/aromatic N) is 8. The summed E-state index contributed by atoms with van der Waals surface area (Å²) >= 11 is 1.06. The van der Waals surface area contributed by atoms with E-state index in [0.717, 1.165) is 34.5 Å². The Kier molecular flexibility index (Phi) is 8.18. The first kappa shape index (κ1) is 33.6. The zero-order chi connectivity index (χ0) is 35.7. The molecule has 10 nitrogen and oxygen atoms in total. The normalized spacial score (nSPS) is 18.9. The Hall–Kier alpha value is -4.87. The molecule has 0 aliphatic carbocycles. The van der Waals surface area contributed by atoms with Crippen LogP contribution in [0.3, 0.4) is 0 Å². The molecule has 0 bridgehead atoms. The Morgan fingerprint density at radius 3 is 2.42 bits per heavy atom. The predicted molar refractivity (Wildman–Crippen MR) is 170 cm³/mol. The standard InChI is InChI=1S/C32H27F7N8O2S/c1-3-24(48)44-9-11-45(17(2)13-44)28-21-12-22(31(34,35)36)25(18-4-6-19(33)7-5-18)27-26(21)47(30(49)40-28)20(16-50-27)14-43-8-10-46-23(15-43)41-42-29(46)32(37,38)39/h3-7,12,14,17H,1,8-11,13,15-16H2,2H3/b20-14+/t17-/m0/s1. The van der Waals surface area contributed by atoms with Crippen molar-refractivity contribution in [2.24, 2.45) is 0 Å². The molecule has 50 heavy (non-hydrogen) atoms. The van der Waals surface area contributed by atoms with Crippen LogP contribution in [0.5, 0.6) is 0 Å². The van der Waals surface area contributed by atoms with Crippen molar-refractivity contribution in [3.63, 3.8) is 0 Å². The smallest absolute Gasteiger partial charge is 0.367 e. The molecule has 18 heteroatoms. The molecular formula is C32H27F7N8O2S. The van der Waals surface area contributed by atoms with Crippen LogP contribution in [0.2, 0.25) is 0 Å². The molecule has 1 atom stereocenters. The van der Waals surface area contributed by atoms with Gasteiger partial charge >= 0.3 is 18.0 Å². The number of carbonyl (C=O) groups is 1. The molecule has 5 heterocycles. The van der Waals surface area contributed by atoms with Crippen LogP contribution in [0.1, 0.15) is 24.1 Å². The van der Waals surface area contributed by atoms with Crippen LogP contribution < -0.4 is 10.6 Å². The third-order valence-corrected chi connectivity index (χ3v) is 10.1. The average Bonchev–Trinajstić information content (AvgIpc) is 3.50. The average molecular weight is 721 g/mol. The van der Waals surface area contributed by atoms with Crippen molar-refractivity contribution in [1.82, 2.24) is 34.1 Å². The van der Waals surface area contributed by atoms with E-state index in [1.54, 1.807) is 27.8 Å². The molecule has 3 aliphatic heterocycles. The van der Waals surface area contributed by atoms with E-state index in [2.05, 4.69) is 21.8 Å². The van der Waals surface area contributed by atoms with Gasteiger partial charge in [0.05, 0.1) is 23.3 Å². The van der Waals surface area contributed by atoms with E-state index in [1.807, 2.05) is 0 Å². The summed E-state index contributed by atoms with van der Waals surface area (Å²) in [6, 6.07) is 5.12. The molecule has 1 saturated heterocycles. The van der Waals surface area contributed by atoms with Gasteiger partial charge in [0.1, 0.15) is 11.6 Å². The number of alkyl halides is 6. The van der Waals surface area contributed by atoms with Crippen molar-refractivity contribution in [1.29, 1.82) is 0 Å². The quantitative estimate of drug-likeness (QED) is 0.203. The Labute approximate surface area is 283 Å². The van der Waals surface area contributed by atoms with E-state index in [1.165, 1.54) is 22.8 Å². The maximum Gasteiger partial charge on any atom is 0.451 e. The van der Waals surface area contributed by atoms with Gasteiger partial charge in [0.25, 0.3) is 0 Å². The SMILES string of the molecule is C=CC(=O)N1CCN(c2nc(=O)n3c4c(c(-c5ccc(F)cc5)c(C(F)(F)F)cc24)SC/C3=C\N2CCn3c(nnc3C(F)(F)F)C2)[C@@H](C)C1.